The minimum absolute atomic E-state index is 0.0505. The number of hydrogen-bond acceptors (Lipinski definition) is 3. The summed E-state index contributed by atoms with van der Waals surface area (Å²) in [6.45, 7) is 4.59. The summed E-state index contributed by atoms with van der Waals surface area (Å²) in [6.07, 6.45) is 3.79. The third-order valence-electron chi connectivity index (χ3n) is 3.75. The van der Waals surface area contributed by atoms with Gasteiger partial charge in [0.1, 0.15) is 0 Å². The summed E-state index contributed by atoms with van der Waals surface area (Å²) in [6, 6.07) is 7.50. The molecule has 1 unspecified atom stereocenters. The fraction of sp³-hybridized carbons (Fsp3) is 0.412. The molecule has 0 radical (unpaired) electrons. The number of amides is 1. The van der Waals surface area contributed by atoms with Crippen LogP contribution in [-0.2, 0) is 6.54 Å². The first-order valence-corrected chi connectivity index (χ1v) is 8.06. The van der Waals surface area contributed by atoms with Crippen LogP contribution in [0, 0.1) is 5.92 Å². The molecule has 6 heteroatoms. The van der Waals surface area contributed by atoms with Gasteiger partial charge in [-0.3, -0.25) is 9.48 Å². The second-order valence-electron chi connectivity index (χ2n) is 5.85. The zero-order valence-corrected chi connectivity index (χ0v) is 14.1. The maximum atomic E-state index is 12.3. The van der Waals surface area contributed by atoms with Crippen molar-refractivity contribution in [3.05, 3.63) is 52.8 Å². The number of nitrogens with zero attached hydrogens (tertiary/aromatic N) is 2. The molecule has 0 spiro atoms. The van der Waals surface area contributed by atoms with E-state index in [9.17, 15) is 4.79 Å². The van der Waals surface area contributed by atoms with E-state index in [2.05, 4.69) is 10.4 Å². The van der Waals surface area contributed by atoms with E-state index in [1.54, 1.807) is 17.1 Å². The quantitative estimate of drug-likeness (QED) is 0.817. The number of aliphatic hydroxyl groups excluding tert-OH is 1. The standard InChI is InChI=1S/C17H22ClN3O2/c1-12(2)16(7-8-22)20-17(23)14-9-19-21(11-14)10-13-5-3-4-6-15(13)18/h3-6,9,11-12,16,22H,7-8,10H2,1-2H3,(H,20,23). The van der Waals surface area contributed by atoms with Crippen molar-refractivity contribution >= 4 is 17.5 Å². The van der Waals surface area contributed by atoms with Gasteiger partial charge in [-0.1, -0.05) is 43.6 Å². The molecule has 0 fully saturated rings. The SMILES string of the molecule is CC(C)C(CCO)NC(=O)c1cnn(Cc2ccccc2Cl)c1. The van der Waals surface area contributed by atoms with Crippen molar-refractivity contribution in [3.63, 3.8) is 0 Å². The van der Waals surface area contributed by atoms with Crippen molar-refractivity contribution in [2.24, 2.45) is 5.92 Å². The second kappa shape index (κ2) is 8.13. The summed E-state index contributed by atoms with van der Waals surface area (Å²) < 4.78 is 1.69. The zero-order chi connectivity index (χ0) is 16.8. The van der Waals surface area contributed by atoms with Crippen LogP contribution in [0.1, 0.15) is 36.2 Å². The highest BCUT2D eigenvalue weighted by Crippen LogP contribution is 2.16. The van der Waals surface area contributed by atoms with Crippen molar-refractivity contribution in [2.75, 3.05) is 6.61 Å². The number of benzene rings is 1. The van der Waals surface area contributed by atoms with E-state index in [-0.39, 0.29) is 24.5 Å². The van der Waals surface area contributed by atoms with Gasteiger partial charge in [0.25, 0.3) is 5.91 Å². The molecule has 5 nitrogen and oxygen atoms in total. The number of hydrogen-bond donors (Lipinski definition) is 2. The molecular weight excluding hydrogens is 314 g/mol. The predicted molar refractivity (Wildman–Crippen MR) is 90.6 cm³/mol. The lowest BCUT2D eigenvalue weighted by molar-refractivity contribution is 0.0916. The molecule has 2 N–H and O–H groups in total. The number of nitrogens with one attached hydrogen (secondary N) is 1. The third kappa shape index (κ3) is 4.81. The summed E-state index contributed by atoms with van der Waals surface area (Å²) in [5, 5.41) is 16.9. The van der Waals surface area contributed by atoms with Crippen LogP contribution in [0.25, 0.3) is 0 Å². The van der Waals surface area contributed by atoms with Crippen LogP contribution >= 0.6 is 11.6 Å². The zero-order valence-electron chi connectivity index (χ0n) is 13.4. The van der Waals surface area contributed by atoms with Crippen LogP contribution in [-0.4, -0.2) is 33.4 Å². The van der Waals surface area contributed by atoms with Gasteiger partial charge in [-0.2, -0.15) is 5.10 Å². The number of rotatable bonds is 7. The first-order valence-electron chi connectivity index (χ1n) is 7.69. The molecule has 0 aliphatic heterocycles. The highest BCUT2D eigenvalue weighted by molar-refractivity contribution is 6.31. The molecule has 1 aromatic carbocycles. The van der Waals surface area contributed by atoms with Crippen molar-refractivity contribution in [3.8, 4) is 0 Å². The molecule has 0 aliphatic rings. The Bertz CT molecular complexity index is 655. The van der Waals surface area contributed by atoms with Crippen LogP contribution in [0.4, 0.5) is 0 Å². The van der Waals surface area contributed by atoms with Gasteiger partial charge in [-0.05, 0) is 24.0 Å². The largest absolute Gasteiger partial charge is 0.396 e. The number of aliphatic hydroxyl groups is 1. The number of carbonyl (C=O) groups excluding carboxylic acids is 1. The van der Waals surface area contributed by atoms with Crippen LogP contribution in [0.2, 0.25) is 5.02 Å². The van der Waals surface area contributed by atoms with Gasteiger partial charge >= 0.3 is 0 Å². The average Bonchev–Trinajstić information content (AvgIpc) is 2.97. The van der Waals surface area contributed by atoms with Crippen LogP contribution in [0.3, 0.4) is 0 Å². The Balaban J connectivity index is 2.03. The van der Waals surface area contributed by atoms with E-state index in [1.807, 2.05) is 38.1 Å². The van der Waals surface area contributed by atoms with Crippen molar-refractivity contribution in [1.29, 1.82) is 0 Å². The van der Waals surface area contributed by atoms with Gasteiger partial charge < -0.3 is 10.4 Å². The smallest absolute Gasteiger partial charge is 0.254 e. The molecule has 2 rings (SSSR count). The molecule has 0 aliphatic carbocycles. The summed E-state index contributed by atoms with van der Waals surface area (Å²) in [4.78, 5) is 12.3. The molecule has 1 amide bonds. The summed E-state index contributed by atoms with van der Waals surface area (Å²) >= 11 is 6.14. The maximum Gasteiger partial charge on any atom is 0.254 e. The van der Waals surface area contributed by atoms with Crippen LogP contribution in [0.5, 0.6) is 0 Å². The van der Waals surface area contributed by atoms with Crippen LogP contribution in [0.15, 0.2) is 36.7 Å². The van der Waals surface area contributed by atoms with Crippen LogP contribution < -0.4 is 5.32 Å². The number of halogens is 1. The van der Waals surface area contributed by atoms with E-state index in [1.165, 1.54) is 0 Å². The Labute approximate surface area is 141 Å². The Morgan fingerprint density at radius 1 is 1.39 bits per heavy atom. The van der Waals surface area contributed by atoms with Crippen molar-refractivity contribution in [2.45, 2.75) is 32.9 Å². The topological polar surface area (TPSA) is 67.2 Å². The van der Waals surface area contributed by atoms with Gasteiger partial charge in [0.15, 0.2) is 0 Å². The third-order valence-corrected chi connectivity index (χ3v) is 4.12. The van der Waals surface area contributed by atoms with Gasteiger partial charge in [-0.15, -0.1) is 0 Å². The first kappa shape index (κ1) is 17.5. The number of aromatic nitrogens is 2. The van der Waals surface area contributed by atoms with Gasteiger partial charge in [0, 0.05) is 23.9 Å². The van der Waals surface area contributed by atoms with Gasteiger partial charge in [0.2, 0.25) is 0 Å². The first-order chi connectivity index (χ1) is 11.0. The van der Waals surface area contributed by atoms with E-state index >= 15 is 0 Å². The molecule has 1 atom stereocenters. The monoisotopic (exact) mass is 335 g/mol. The van der Waals surface area contributed by atoms with E-state index in [0.29, 0.717) is 23.6 Å². The molecule has 23 heavy (non-hydrogen) atoms. The Morgan fingerprint density at radius 2 is 2.13 bits per heavy atom. The van der Waals surface area contributed by atoms with Crippen molar-refractivity contribution < 1.29 is 9.90 Å². The van der Waals surface area contributed by atoms with Crippen molar-refractivity contribution in [1.82, 2.24) is 15.1 Å². The second-order valence-corrected chi connectivity index (χ2v) is 6.26. The molecule has 0 saturated carbocycles. The Hall–Kier alpha value is -1.85. The molecule has 124 valence electrons. The van der Waals surface area contributed by atoms with E-state index in [0.717, 1.165) is 5.56 Å². The molecule has 1 heterocycles. The predicted octanol–water partition coefficient (Wildman–Crippen LogP) is 2.72. The van der Waals surface area contributed by atoms with Gasteiger partial charge in [0.05, 0.1) is 18.3 Å². The normalized spacial score (nSPS) is 12.4. The fourth-order valence-electron chi connectivity index (χ4n) is 2.33. The Kier molecular flexibility index (Phi) is 6.19. The fourth-order valence-corrected chi connectivity index (χ4v) is 2.53. The average molecular weight is 336 g/mol. The van der Waals surface area contributed by atoms with E-state index in [4.69, 9.17) is 16.7 Å². The highest BCUT2D eigenvalue weighted by Gasteiger charge is 2.17. The minimum Gasteiger partial charge on any atom is -0.396 e. The summed E-state index contributed by atoms with van der Waals surface area (Å²) in [7, 11) is 0. The van der Waals surface area contributed by atoms with Gasteiger partial charge in [-0.25, -0.2) is 0 Å². The maximum absolute atomic E-state index is 12.3. The summed E-state index contributed by atoms with van der Waals surface area (Å²) in [5.74, 6) is 0.0758. The highest BCUT2D eigenvalue weighted by atomic mass is 35.5. The number of carbonyl (C=O) groups is 1. The molecule has 0 bridgehead atoms. The lowest BCUT2D eigenvalue weighted by atomic mass is 10.0. The molecule has 2 aromatic rings. The lowest BCUT2D eigenvalue weighted by Gasteiger charge is -2.21. The van der Waals surface area contributed by atoms with E-state index < -0.39 is 0 Å². The lowest BCUT2D eigenvalue weighted by Crippen LogP contribution is -2.39. The summed E-state index contributed by atoms with van der Waals surface area (Å²) in [5.41, 5.74) is 1.45. The Morgan fingerprint density at radius 3 is 2.78 bits per heavy atom. The minimum atomic E-state index is -0.178. The molecule has 1 aromatic heterocycles. The molecule has 0 saturated heterocycles. The molecular formula is C17H22ClN3O2.